The average molecular weight is 485 g/mol. The van der Waals surface area contributed by atoms with E-state index < -0.39 is 6.10 Å². The quantitative estimate of drug-likeness (QED) is 0.493. The van der Waals surface area contributed by atoms with Gasteiger partial charge in [-0.1, -0.05) is 25.1 Å². The first-order valence-corrected chi connectivity index (χ1v) is 12.9. The van der Waals surface area contributed by atoms with Gasteiger partial charge in [-0.2, -0.15) is 5.10 Å². The fourth-order valence-electron chi connectivity index (χ4n) is 5.60. The second kappa shape index (κ2) is 8.59. The second-order valence-corrected chi connectivity index (χ2v) is 11.0. The molecule has 1 fully saturated rings. The minimum absolute atomic E-state index is 0.0253. The number of aliphatic hydroxyl groups is 1. The number of rotatable bonds is 6. The van der Waals surface area contributed by atoms with Gasteiger partial charge in [-0.15, -0.1) is 0 Å². The molecular weight excluding hydrogens is 452 g/mol. The number of nitrogens with zero attached hydrogens (tertiary/aromatic N) is 2. The van der Waals surface area contributed by atoms with Crippen molar-refractivity contribution in [1.82, 2.24) is 20.4 Å². The lowest BCUT2D eigenvalue weighted by Crippen LogP contribution is -2.39. The average Bonchev–Trinajstić information content (AvgIpc) is 3.47. The number of fused-ring (bicyclic) bond motifs is 2. The second-order valence-electron chi connectivity index (χ2n) is 11.0. The summed E-state index contributed by atoms with van der Waals surface area (Å²) >= 11 is 0. The number of aromatic nitrogens is 2. The Bertz CT molecular complexity index is 1340. The van der Waals surface area contributed by atoms with Crippen molar-refractivity contribution < 1.29 is 14.7 Å². The summed E-state index contributed by atoms with van der Waals surface area (Å²) in [6, 6.07) is 13.8. The van der Waals surface area contributed by atoms with Crippen molar-refractivity contribution in [3.8, 4) is 11.3 Å². The van der Waals surface area contributed by atoms with Gasteiger partial charge in [-0.05, 0) is 74.4 Å². The summed E-state index contributed by atoms with van der Waals surface area (Å²) in [6.07, 6.45) is 4.47. The molecule has 0 bridgehead atoms. The Morgan fingerprint density at radius 2 is 2.00 bits per heavy atom. The third-order valence-electron chi connectivity index (χ3n) is 8.41. The van der Waals surface area contributed by atoms with Gasteiger partial charge in [0.15, 0.2) is 0 Å². The monoisotopic (exact) mass is 484 g/mol. The van der Waals surface area contributed by atoms with E-state index in [1.54, 1.807) is 0 Å². The lowest BCUT2D eigenvalue weighted by atomic mass is 9.82. The van der Waals surface area contributed by atoms with Gasteiger partial charge < -0.3 is 15.3 Å². The minimum Gasteiger partial charge on any atom is -0.393 e. The minimum atomic E-state index is -0.399. The number of aromatic amines is 1. The molecule has 36 heavy (non-hydrogen) atoms. The van der Waals surface area contributed by atoms with Gasteiger partial charge in [0.1, 0.15) is 0 Å². The van der Waals surface area contributed by atoms with Gasteiger partial charge in [0.2, 0.25) is 0 Å². The highest BCUT2D eigenvalue weighted by Gasteiger charge is 2.40. The van der Waals surface area contributed by atoms with Crippen LogP contribution >= 0.6 is 0 Å². The number of carbonyl (C=O) groups is 2. The first kappa shape index (κ1) is 23.0. The van der Waals surface area contributed by atoms with Crippen molar-refractivity contribution in [3.05, 3.63) is 76.0 Å². The van der Waals surface area contributed by atoms with Crippen molar-refractivity contribution in [1.29, 1.82) is 0 Å². The molecule has 3 N–H and O–H groups in total. The summed E-state index contributed by atoms with van der Waals surface area (Å²) in [5.41, 5.74) is 7.38. The predicted octanol–water partition coefficient (Wildman–Crippen LogP) is 4.00. The predicted molar refractivity (Wildman–Crippen MR) is 136 cm³/mol. The fraction of sp³-hybridized carbons (Fsp3) is 0.414. The van der Waals surface area contributed by atoms with E-state index >= 15 is 0 Å². The Morgan fingerprint density at radius 1 is 1.22 bits per heavy atom. The molecular formula is C29H32N4O3. The smallest absolute Gasteiger partial charge is 0.254 e. The molecule has 1 aliphatic heterocycles. The van der Waals surface area contributed by atoms with E-state index in [0.29, 0.717) is 24.7 Å². The van der Waals surface area contributed by atoms with Crippen molar-refractivity contribution in [2.24, 2.45) is 5.41 Å². The van der Waals surface area contributed by atoms with E-state index in [9.17, 15) is 14.7 Å². The van der Waals surface area contributed by atoms with Crippen LogP contribution in [-0.2, 0) is 25.9 Å². The summed E-state index contributed by atoms with van der Waals surface area (Å²) in [5.74, 6) is -0.000615. The van der Waals surface area contributed by atoms with Gasteiger partial charge in [0.05, 0.1) is 11.8 Å². The third-order valence-corrected chi connectivity index (χ3v) is 8.41. The molecule has 7 heteroatoms. The molecule has 0 radical (unpaired) electrons. The molecule has 1 aromatic heterocycles. The normalized spacial score (nSPS) is 21.8. The van der Waals surface area contributed by atoms with Crippen LogP contribution in [0.1, 0.15) is 76.2 Å². The third kappa shape index (κ3) is 3.91. The van der Waals surface area contributed by atoms with Crippen molar-refractivity contribution >= 4 is 11.8 Å². The van der Waals surface area contributed by atoms with Crippen molar-refractivity contribution in [2.45, 2.75) is 71.2 Å². The van der Waals surface area contributed by atoms with Crippen LogP contribution in [0.2, 0.25) is 0 Å². The van der Waals surface area contributed by atoms with Crippen LogP contribution in [0.4, 0.5) is 0 Å². The zero-order valence-electron chi connectivity index (χ0n) is 20.8. The lowest BCUT2D eigenvalue weighted by molar-refractivity contribution is 0.0596. The maximum atomic E-state index is 13.1. The van der Waals surface area contributed by atoms with Crippen LogP contribution in [0, 0.1) is 5.41 Å². The SMILES string of the molecule is CC(O)[C@@]1(C)Cc2[nH]nc(-c3ccc4c(c3)CN(Cc3ccc(C(=O)NC5CCC5)cc3)C4=O)c2C1. The molecule has 3 aliphatic rings. The summed E-state index contributed by atoms with van der Waals surface area (Å²) in [6.45, 7) is 5.01. The summed E-state index contributed by atoms with van der Waals surface area (Å²) in [4.78, 5) is 27.3. The molecule has 2 amide bonds. The Morgan fingerprint density at radius 3 is 2.69 bits per heavy atom. The van der Waals surface area contributed by atoms with Crippen LogP contribution in [0.15, 0.2) is 42.5 Å². The highest BCUT2D eigenvalue weighted by atomic mass is 16.3. The lowest BCUT2D eigenvalue weighted by Gasteiger charge is -2.27. The molecule has 1 unspecified atom stereocenters. The Balaban J connectivity index is 1.16. The van der Waals surface area contributed by atoms with Gasteiger partial charge in [-0.3, -0.25) is 14.7 Å². The molecule has 0 spiro atoms. The van der Waals surface area contributed by atoms with E-state index in [-0.39, 0.29) is 17.2 Å². The first-order chi connectivity index (χ1) is 17.3. The maximum Gasteiger partial charge on any atom is 0.254 e. The topological polar surface area (TPSA) is 98.3 Å². The van der Waals surface area contributed by atoms with Gasteiger partial charge in [-0.25, -0.2) is 0 Å². The number of nitrogens with one attached hydrogen (secondary N) is 2. The highest BCUT2D eigenvalue weighted by molar-refractivity contribution is 5.99. The van der Waals surface area contributed by atoms with Crippen LogP contribution in [0.25, 0.3) is 11.3 Å². The number of hydrogen-bond donors (Lipinski definition) is 3. The summed E-state index contributed by atoms with van der Waals surface area (Å²) < 4.78 is 0. The van der Waals surface area contributed by atoms with E-state index in [0.717, 1.165) is 59.3 Å². The number of amides is 2. The zero-order chi connectivity index (χ0) is 25.0. The van der Waals surface area contributed by atoms with Crippen LogP contribution in [0.5, 0.6) is 0 Å². The fourth-order valence-corrected chi connectivity index (χ4v) is 5.60. The molecule has 2 heterocycles. The molecule has 0 saturated heterocycles. The molecule has 3 aromatic rings. The standard InChI is InChI=1S/C29H32N4O3/c1-17(34)29(2)13-24-25(14-29)31-32-26(24)20-10-11-23-21(12-20)16-33(28(23)36)15-18-6-8-19(9-7-18)27(35)30-22-4-3-5-22/h6-12,17,22,34H,3-5,13-16H2,1-2H3,(H,30,35)(H,31,32)/t17?,29-/m1/s1. The molecule has 2 aromatic carbocycles. The molecule has 7 nitrogen and oxygen atoms in total. The number of H-pyrrole nitrogens is 1. The maximum absolute atomic E-state index is 13.1. The molecule has 1 saturated carbocycles. The van der Waals surface area contributed by atoms with Gasteiger partial charge in [0.25, 0.3) is 11.8 Å². The van der Waals surface area contributed by atoms with Crippen LogP contribution in [-0.4, -0.2) is 44.2 Å². The number of hydrogen-bond acceptors (Lipinski definition) is 4. The van der Waals surface area contributed by atoms with Gasteiger partial charge >= 0.3 is 0 Å². The van der Waals surface area contributed by atoms with E-state index in [1.807, 2.05) is 48.2 Å². The van der Waals surface area contributed by atoms with Crippen molar-refractivity contribution in [2.75, 3.05) is 0 Å². The molecule has 2 aliphatic carbocycles. The van der Waals surface area contributed by atoms with E-state index in [1.165, 1.54) is 12.0 Å². The zero-order valence-corrected chi connectivity index (χ0v) is 20.8. The summed E-state index contributed by atoms with van der Waals surface area (Å²) in [5, 5.41) is 21.1. The Labute approximate surface area is 210 Å². The van der Waals surface area contributed by atoms with Crippen LogP contribution < -0.4 is 5.32 Å². The first-order valence-electron chi connectivity index (χ1n) is 12.9. The summed E-state index contributed by atoms with van der Waals surface area (Å²) in [7, 11) is 0. The molecule has 186 valence electrons. The number of benzene rings is 2. The molecule has 2 atom stereocenters. The molecule has 6 rings (SSSR count). The van der Waals surface area contributed by atoms with Gasteiger partial charge in [0, 0.05) is 52.5 Å². The Kier molecular flexibility index (Phi) is 5.48. The van der Waals surface area contributed by atoms with Crippen molar-refractivity contribution in [3.63, 3.8) is 0 Å². The van der Waals surface area contributed by atoms with E-state index in [2.05, 4.69) is 28.5 Å². The largest absolute Gasteiger partial charge is 0.393 e. The number of carbonyl (C=O) groups excluding carboxylic acids is 2. The number of aliphatic hydroxyl groups excluding tert-OH is 1. The van der Waals surface area contributed by atoms with E-state index in [4.69, 9.17) is 0 Å². The Hall–Kier alpha value is -3.45. The highest BCUT2D eigenvalue weighted by Crippen LogP contribution is 2.42. The van der Waals surface area contributed by atoms with Crippen LogP contribution in [0.3, 0.4) is 0 Å².